The van der Waals surface area contributed by atoms with Crippen LogP contribution in [0.25, 0.3) is 0 Å². The van der Waals surface area contributed by atoms with Gasteiger partial charge in [-0.1, -0.05) is 12.1 Å². The maximum absolute atomic E-state index is 14.0. The molecule has 1 atom stereocenters. The Labute approximate surface area is 121 Å². The first kappa shape index (κ1) is 17.7. The van der Waals surface area contributed by atoms with E-state index in [0.29, 0.717) is 18.4 Å². The number of hydrogen-bond donors (Lipinski definition) is 1. The number of alkyl halides is 3. The first-order chi connectivity index (χ1) is 9.87. The molecular weight excluding hydrogens is 290 g/mol. The standard InChI is InChI=1S/C14H19F4NO2/c1-19-11(6-7-21-9-14(16,17)18)8-10-4-3-5-12(20-2)13(10)15/h3-5,11,19H,6-9H2,1-2H3. The van der Waals surface area contributed by atoms with E-state index < -0.39 is 18.6 Å². The first-order valence-corrected chi connectivity index (χ1v) is 6.50. The van der Waals surface area contributed by atoms with Gasteiger partial charge in [-0.25, -0.2) is 4.39 Å². The largest absolute Gasteiger partial charge is 0.494 e. The molecule has 1 aromatic carbocycles. The molecule has 0 fully saturated rings. The van der Waals surface area contributed by atoms with Crippen LogP contribution in [0.5, 0.6) is 5.75 Å². The van der Waals surface area contributed by atoms with E-state index >= 15 is 0 Å². The molecule has 0 saturated heterocycles. The number of methoxy groups -OCH3 is 1. The van der Waals surface area contributed by atoms with Crippen LogP contribution in [-0.2, 0) is 11.2 Å². The summed E-state index contributed by atoms with van der Waals surface area (Å²) in [6.07, 6.45) is -3.63. The maximum atomic E-state index is 14.0. The highest BCUT2D eigenvalue weighted by atomic mass is 19.4. The lowest BCUT2D eigenvalue weighted by atomic mass is 10.0. The second-order valence-corrected chi connectivity index (χ2v) is 4.58. The van der Waals surface area contributed by atoms with Gasteiger partial charge in [0.2, 0.25) is 0 Å². The molecule has 1 unspecified atom stereocenters. The summed E-state index contributed by atoms with van der Waals surface area (Å²) in [4.78, 5) is 0. The molecule has 1 rings (SSSR count). The minimum absolute atomic E-state index is 0.0450. The minimum atomic E-state index is -4.33. The highest BCUT2D eigenvalue weighted by Gasteiger charge is 2.27. The van der Waals surface area contributed by atoms with E-state index in [4.69, 9.17) is 4.74 Å². The van der Waals surface area contributed by atoms with Crippen molar-refractivity contribution in [3.63, 3.8) is 0 Å². The Morgan fingerprint density at radius 2 is 2.00 bits per heavy atom. The lowest BCUT2D eigenvalue weighted by Crippen LogP contribution is -2.30. The van der Waals surface area contributed by atoms with Gasteiger partial charge < -0.3 is 14.8 Å². The molecule has 120 valence electrons. The van der Waals surface area contributed by atoms with Gasteiger partial charge in [-0.05, 0) is 31.5 Å². The molecule has 1 aromatic rings. The Balaban J connectivity index is 2.51. The number of rotatable bonds is 8. The molecule has 7 heteroatoms. The van der Waals surface area contributed by atoms with Crippen molar-refractivity contribution >= 4 is 0 Å². The second kappa shape index (κ2) is 8.19. The molecule has 0 aliphatic carbocycles. The van der Waals surface area contributed by atoms with Gasteiger partial charge in [0.1, 0.15) is 6.61 Å². The third kappa shape index (κ3) is 6.31. The molecule has 0 saturated carbocycles. The average molecular weight is 309 g/mol. The van der Waals surface area contributed by atoms with Crippen molar-refractivity contribution in [2.75, 3.05) is 27.4 Å². The van der Waals surface area contributed by atoms with E-state index in [2.05, 4.69) is 10.1 Å². The molecule has 3 nitrogen and oxygen atoms in total. The van der Waals surface area contributed by atoms with Crippen molar-refractivity contribution in [1.82, 2.24) is 5.32 Å². The molecule has 0 aromatic heterocycles. The summed E-state index contributed by atoms with van der Waals surface area (Å²) in [5.74, 6) is -0.299. The fraction of sp³-hybridized carbons (Fsp3) is 0.571. The van der Waals surface area contributed by atoms with Crippen molar-refractivity contribution in [3.8, 4) is 5.75 Å². The van der Waals surface area contributed by atoms with Crippen molar-refractivity contribution in [1.29, 1.82) is 0 Å². The summed E-state index contributed by atoms with van der Waals surface area (Å²) in [6, 6.07) is 4.63. The number of ether oxygens (including phenoxy) is 2. The lowest BCUT2D eigenvalue weighted by Gasteiger charge is -2.17. The summed E-state index contributed by atoms with van der Waals surface area (Å²) in [5.41, 5.74) is 0.449. The molecule has 21 heavy (non-hydrogen) atoms. The van der Waals surface area contributed by atoms with Gasteiger partial charge in [0, 0.05) is 12.6 Å². The first-order valence-electron chi connectivity index (χ1n) is 6.50. The second-order valence-electron chi connectivity index (χ2n) is 4.58. The normalized spacial score (nSPS) is 13.2. The fourth-order valence-corrected chi connectivity index (χ4v) is 1.90. The molecule has 0 bridgehead atoms. The van der Waals surface area contributed by atoms with E-state index in [0.717, 1.165) is 0 Å². The van der Waals surface area contributed by atoms with E-state index in [-0.39, 0.29) is 18.4 Å². The lowest BCUT2D eigenvalue weighted by molar-refractivity contribution is -0.174. The molecule has 0 aliphatic heterocycles. The molecule has 0 heterocycles. The minimum Gasteiger partial charge on any atom is -0.494 e. The SMILES string of the molecule is CNC(CCOCC(F)(F)F)Cc1cccc(OC)c1F. The van der Waals surface area contributed by atoms with Crippen LogP contribution in [0.15, 0.2) is 18.2 Å². The average Bonchev–Trinajstić information content (AvgIpc) is 2.43. The summed E-state index contributed by atoms with van der Waals surface area (Å²) >= 11 is 0. The molecule has 0 radical (unpaired) electrons. The van der Waals surface area contributed by atoms with E-state index in [1.807, 2.05) is 0 Å². The van der Waals surface area contributed by atoms with E-state index in [9.17, 15) is 17.6 Å². The third-order valence-electron chi connectivity index (χ3n) is 3.01. The molecule has 1 N–H and O–H groups in total. The summed E-state index contributed by atoms with van der Waals surface area (Å²) in [5, 5.41) is 2.94. The van der Waals surface area contributed by atoms with Crippen LogP contribution in [0.2, 0.25) is 0 Å². The maximum Gasteiger partial charge on any atom is 0.411 e. The van der Waals surface area contributed by atoms with Gasteiger partial charge in [0.05, 0.1) is 7.11 Å². The predicted molar refractivity (Wildman–Crippen MR) is 71.0 cm³/mol. The molecule has 0 amide bonds. The predicted octanol–water partition coefficient (Wildman–Crippen LogP) is 2.93. The highest BCUT2D eigenvalue weighted by Crippen LogP contribution is 2.21. The number of likely N-dealkylation sites (N-methyl/N-ethyl adjacent to an activating group) is 1. The van der Waals surface area contributed by atoms with Gasteiger partial charge in [-0.3, -0.25) is 0 Å². The Kier molecular flexibility index (Phi) is 6.91. The van der Waals surface area contributed by atoms with Crippen molar-refractivity contribution < 1.29 is 27.0 Å². The summed E-state index contributed by atoms with van der Waals surface area (Å²) < 4.78 is 59.3. The van der Waals surface area contributed by atoms with Gasteiger partial charge in [0.25, 0.3) is 0 Å². The highest BCUT2D eigenvalue weighted by molar-refractivity contribution is 5.31. The van der Waals surface area contributed by atoms with Crippen LogP contribution in [0.3, 0.4) is 0 Å². The number of hydrogen-bond acceptors (Lipinski definition) is 3. The Morgan fingerprint density at radius 1 is 1.29 bits per heavy atom. The van der Waals surface area contributed by atoms with Crippen LogP contribution in [0.1, 0.15) is 12.0 Å². The number of benzene rings is 1. The van der Waals surface area contributed by atoms with Gasteiger partial charge in [-0.2, -0.15) is 13.2 Å². The third-order valence-corrected chi connectivity index (χ3v) is 3.01. The van der Waals surface area contributed by atoms with Crippen molar-refractivity contribution in [3.05, 3.63) is 29.6 Å². The Hall–Kier alpha value is -1.34. The van der Waals surface area contributed by atoms with Gasteiger partial charge >= 0.3 is 6.18 Å². The monoisotopic (exact) mass is 309 g/mol. The number of halogens is 4. The summed E-state index contributed by atoms with van der Waals surface area (Å²) in [6.45, 7) is -1.31. The topological polar surface area (TPSA) is 30.5 Å². The van der Waals surface area contributed by atoms with E-state index in [1.165, 1.54) is 13.2 Å². The molecule has 0 aliphatic rings. The van der Waals surface area contributed by atoms with Crippen molar-refractivity contribution in [2.24, 2.45) is 0 Å². The van der Waals surface area contributed by atoms with Crippen LogP contribution in [0.4, 0.5) is 17.6 Å². The molecule has 0 spiro atoms. The molecular formula is C14H19F4NO2. The van der Waals surface area contributed by atoms with Crippen molar-refractivity contribution in [2.45, 2.75) is 25.1 Å². The zero-order valence-electron chi connectivity index (χ0n) is 12.0. The zero-order valence-corrected chi connectivity index (χ0v) is 12.0. The van der Waals surface area contributed by atoms with E-state index in [1.54, 1.807) is 19.2 Å². The fourth-order valence-electron chi connectivity index (χ4n) is 1.90. The van der Waals surface area contributed by atoms with Gasteiger partial charge in [-0.15, -0.1) is 0 Å². The number of nitrogens with one attached hydrogen (secondary N) is 1. The summed E-state index contributed by atoms with van der Waals surface area (Å²) in [7, 11) is 3.05. The van der Waals surface area contributed by atoms with Crippen LogP contribution < -0.4 is 10.1 Å². The smallest absolute Gasteiger partial charge is 0.411 e. The van der Waals surface area contributed by atoms with Gasteiger partial charge in [0.15, 0.2) is 11.6 Å². The van der Waals surface area contributed by atoms with Crippen LogP contribution in [0, 0.1) is 5.82 Å². The van der Waals surface area contributed by atoms with Crippen LogP contribution >= 0.6 is 0 Å². The van der Waals surface area contributed by atoms with Crippen LogP contribution in [-0.4, -0.2) is 39.6 Å². The Morgan fingerprint density at radius 3 is 2.57 bits per heavy atom. The zero-order chi connectivity index (χ0) is 15.9. The quantitative estimate of drug-likeness (QED) is 0.591. The Bertz CT molecular complexity index is 437.